The lowest BCUT2D eigenvalue weighted by Gasteiger charge is -2.31. The lowest BCUT2D eigenvalue weighted by Crippen LogP contribution is -2.49. The molecule has 1 saturated heterocycles. The molecule has 3 aromatic rings. The van der Waals surface area contributed by atoms with Crippen LogP contribution in [0.2, 0.25) is 0 Å². The lowest BCUT2D eigenvalue weighted by molar-refractivity contribution is -0.149. The zero-order valence-electron chi connectivity index (χ0n) is 21.4. The van der Waals surface area contributed by atoms with Gasteiger partial charge < -0.3 is 9.64 Å². The van der Waals surface area contributed by atoms with Crippen molar-refractivity contribution in [2.75, 3.05) is 19.7 Å². The number of halogens is 3. The number of piperidine rings is 1. The van der Waals surface area contributed by atoms with Crippen molar-refractivity contribution in [3.63, 3.8) is 0 Å². The second kappa shape index (κ2) is 11.3. The maximum absolute atomic E-state index is 13.5. The molecule has 1 aliphatic rings. The molecule has 0 spiro atoms. The highest BCUT2D eigenvalue weighted by molar-refractivity contribution is 5.92. The predicted octanol–water partition coefficient (Wildman–Crippen LogP) is 3.19. The Hall–Kier alpha value is -4.22. The highest BCUT2D eigenvalue weighted by atomic mass is 19.4. The second-order valence-corrected chi connectivity index (χ2v) is 9.31. The van der Waals surface area contributed by atoms with Gasteiger partial charge in [-0.25, -0.2) is 4.79 Å². The Balaban J connectivity index is 1.80. The van der Waals surface area contributed by atoms with Gasteiger partial charge in [0, 0.05) is 13.1 Å². The smallest absolute Gasteiger partial charge is 0.416 e. The number of nitrogens with zero attached hydrogens (tertiary/aromatic N) is 4. The van der Waals surface area contributed by atoms with Gasteiger partial charge in [0.2, 0.25) is 5.69 Å². The van der Waals surface area contributed by atoms with Crippen LogP contribution >= 0.6 is 0 Å². The first kappa shape index (κ1) is 27.8. The number of aryl methyl sites for hydroxylation is 1. The van der Waals surface area contributed by atoms with E-state index in [0.717, 1.165) is 22.4 Å². The normalized spacial score (nSPS) is 15.7. The molecular formula is C27H27F3N4O5. The summed E-state index contributed by atoms with van der Waals surface area (Å²) in [5.74, 6) is -1.81. The zero-order chi connectivity index (χ0) is 28.3. The number of aromatic nitrogens is 3. The number of likely N-dealkylation sites (tertiary alicyclic amines) is 1. The van der Waals surface area contributed by atoms with Crippen molar-refractivity contribution < 1.29 is 27.5 Å². The van der Waals surface area contributed by atoms with Gasteiger partial charge >= 0.3 is 17.8 Å². The van der Waals surface area contributed by atoms with E-state index in [-0.39, 0.29) is 30.9 Å². The van der Waals surface area contributed by atoms with Crippen LogP contribution in [-0.4, -0.2) is 50.8 Å². The van der Waals surface area contributed by atoms with Crippen LogP contribution in [-0.2, 0) is 22.3 Å². The Kier molecular flexibility index (Phi) is 8.03. The fourth-order valence-electron chi connectivity index (χ4n) is 4.51. The molecule has 12 heteroatoms. The molecular weight excluding hydrogens is 517 g/mol. The minimum Gasteiger partial charge on any atom is -0.466 e. The molecule has 0 saturated carbocycles. The second-order valence-electron chi connectivity index (χ2n) is 9.31. The highest BCUT2D eigenvalue weighted by Crippen LogP contribution is 2.29. The van der Waals surface area contributed by atoms with E-state index >= 15 is 0 Å². The van der Waals surface area contributed by atoms with Crippen molar-refractivity contribution in [3.8, 4) is 5.69 Å². The Bertz CT molecular complexity index is 1510. The third-order valence-electron chi connectivity index (χ3n) is 6.43. The fraction of sp³-hybridized carbons (Fsp3) is 0.370. The van der Waals surface area contributed by atoms with E-state index in [0.29, 0.717) is 17.4 Å². The molecule has 1 amide bonds. The SMILES string of the molecule is CCOC(=O)C1CCCN(C(=O)c2nn(-c3cccc(C)c3)c(=O)n(Cc3cccc(C(F)(F)F)c3)c2=O)C1. The van der Waals surface area contributed by atoms with E-state index in [1.165, 1.54) is 17.0 Å². The molecule has 1 unspecified atom stereocenters. The Morgan fingerprint density at radius 2 is 1.85 bits per heavy atom. The molecule has 1 atom stereocenters. The summed E-state index contributed by atoms with van der Waals surface area (Å²) in [5, 5.41) is 4.11. The van der Waals surface area contributed by atoms with Crippen molar-refractivity contribution in [1.29, 1.82) is 0 Å². The molecule has 0 aliphatic carbocycles. The van der Waals surface area contributed by atoms with Crippen LogP contribution in [0.15, 0.2) is 58.1 Å². The minimum absolute atomic E-state index is 0.00991. The van der Waals surface area contributed by atoms with Crippen molar-refractivity contribution in [2.24, 2.45) is 5.92 Å². The average molecular weight is 545 g/mol. The van der Waals surface area contributed by atoms with Crippen molar-refractivity contribution in [1.82, 2.24) is 19.2 Å². The average Bonchev–Trinajstić information content (AvgIpc) is 2.91. The van der Waals surface area contributed by atoms with Gasteiger partial charge in [-0.2, -0.15) is 23.0 Å². The summed E-state index contributed by atoms with van der Waals surface area (Å²) in [5.41, 5.74) is -2.37. The first-order chi connectivity index (χ1) is 18.5. The standard InChI is InChI=1S/C27H27F3N4O5/c1-3-39-25(37)19-9-6-12-32(16-19)23(35)22-24(36)33(15-18-8-5-10-20(14-18)27(28,29)30)26(38)34(31-22)21-11-4-7-17(2)13-21/h4-5,7-8,10-11,13-14,19H,3,6,9,12,15-16H2,1-2H3. The summed E-state index contributed by atoms with van der Waals surface area (Å²) in [6.45, 7) is 3.40. The monoisotopic (exact) mass is 544 g/mol. The summed E-state index contributed by atoms with van der Waals surface area (Å²) in [7, 11) is 0. The summed E-state index contributed by atoms with van der Waals surface area (Å²) in [6.07, 6.45) is -3.62. The first-order valence-corrected chi connectivity index (χ1v) is 12.4. The maximum atomic E-state index is 13.5. The molecule has 39 heavy (non-hydrogen) atoms. The number of carbonyl (C=O) groups excluding carboxylic acids is 2. The number of ether oxygens (including phenoxy) is 1. The molecule has 4 rings (SSSR count). The Morgan fingerprint density at radius 3 is 2.54 bits per heavy atom. The van der Waals surface area contributed by atoms with Crippen LogP contribution in [0.3, 0.4) is 0 Å². The van der Waals surface area contributed by atoms with E-state index < -0.39 is 53.0 Å². The van der Waals surface area contributed by atoms with Gasteiger partial charge in [0.05, 0.1) is 30.3 Å². The van der Waals surface area contributed by atoms with E-state index in [1.807, 2.05) is 0 Å². The van der Waals surface area contributed by atoms with E-state index in [2.05, 4.69) is 5.10 Å². The molecule has 206 valence electrons. The van der Waals surface area contributed by atoms with Gasteiger partial charge in [-0.3, -0.25) is 19.0 Å². The number of hydrogen-bond donors (Lipinski definition) is 0. The third kappa shape index (κ3) is 6.10. The number of alkyl halides is 3. The fourth-order valence-corrected chi connectivity index (χ4v) is 4.51. The largest absolute Gasteiger partial charge is 0.466 e. The van der Waals surface area contributed by atoms with E-state index in [4.69, 9.17) is 4.74 Å². The quantitative estimate of drug-likeness (QED) is 0.442. The maximum Gasteiger partial charge on any atom is 0.416 e. The van der Waals surface area contributed by atoms with Crippen LogP contribution in [0.5, 0.6) is 0 Å². The molecule has 2 heterocycles. The minimum atomic E-state index is -4.62. The highest BCUT2D eigenvalue weighted by Gasteiger charge is 2.33. The van der Waals surface area contributed by atoms with Gasteiger partial charge in [0.1, 0.15) is 0 Å². The van der Waals surface area contributed by atoms with Crippen molar-refractivity contribution >= 4 is 11.9 Å². The number of hydrogen-bond acceptors (Lipinski definition) is 6. The zero-order valence-corrected chi connectivity index (χ0v) is 21.4. The molecule has 1 aromatic heterocycles. The summed E-state index contributed by atoms with van der Waals surface area (Å²) in [6, 6.07) is 10.9. The van der Waals surface area contributed by atoms with Crippen LogP contribution in [0.25, 0.3) is 5.69 Å². The lowest BCUT2D eigenvalue weighted by atomic mass is 9.98. The molecule has 2 aromatic carbocycles. The van der Waals surface area contributed by atoms with Gasteiger partial charge in [-0.15, -0.1) is 0 Å². The molecule has 0 radical (unpaired) electrons. The summed E-state index contributed by atoms with van der Waals surface area (Å²) < 4.78 is 46.5. The number of rotatable bonds is 6. The first-order valence-electron chi connectivity index (χ1n) is 12.4. The number of benzene rings is 2. The Morgan fingerprint density at radius 1 is 1.10 bits per heavy atom. The van der Waals surface area contributed by atoms with Gasteiger partial charge in [-0.1, -0.05) is 24.3 Å². The molecule has 1 aliphatic heterocycles. The van der Waals surface area contributed by atoms with Gasteiger partial charge in [0.25, 0.3) is 11.5 Å². The van der Waals surface area contributed by atoms with Crippen LogP contribution < -0.4 is 11.2 Å². The van der Waals surface area contributed by atoms with Crippen LogP contribution in [0.4, 0.5) is 13.2 Å². The van der Waals surface area contributed by atoms with Crippen LogP contribution in [0.1, 0.15) is 46.9 Å². The van der Waals surface area contributed by atoms with Gasteiger partial charge in [-0.05, 0) is 62.1 Å². The van der Waals surface area contributed by atoms with Crippen LogP contribution in [0, 0.1) is 12.8 Å². The summed E-state index contributed by atoms with van der Waals surface area (Å²) in [4.78, 5) is 54.0. The topological polar surface area (TPSA) is 104 Å². The van der Waals surface area contributed by atoms with E-state index in [9.17, 15) is 32.3 Å². The number of esters is 1. The number of carbonyl (C=O) groups is 2. The molecule has 0 N–H and O–H groups in total. The van der Waals surface area contributed by atoms with E-state index in [1.54, 1.807) is 38.1 Å². The Labute approximate surface area is 221 Å². The molecule has 1 fully saturated rings. The number of amides is 1. The van der Waals surface area contributed by atoms with Crippen molar-refractivity contribution in [3.05, 3.63) is 91.8 Å². The third-order valence-corrected chi connectivity index (χ3v) is 6.43. The predicted molar refractivity (Wildman–Crippen MR) is 135 cm³/mol. The molecule has 9 nitrogen and oxygen atoms in total. The van der Waals surface area contributed by atoms with Gasteiger partial charge in [0.15, 0.2) is 0 Å². The summed E-state index contributed by atoms with van der Waals surface area (Å²) >= 11 is 0. The molecule has 0 bridgehead atoms. The van der Waals surface area contributed by atoms with Crippen molar-refractivity contribution in [2.45, 2.75) is 39.4 Å².